The van der Waals surface area contributed by atoms with E-state index >= 15 is 0 Å². The SMILES string of the molecule is CC(C)CCC[C@@H](C)[C@H]1CC[C@H]2[C@@H]3C[C@H](O)[C@@]45O[C@@H]4[C@H](O)CC[C@]5(C)[C@H]3CC[C@]12C. The summed E-state index contributed by atoms with van der Waals surface area (Å²) in [6.07, 6.45) is 11.4. The van der Waals surface area contributed by atoms with Gasteiger partial charge in [-0.2, -0.15) is 0 Å². The second-order valence-corrected chi connectivity index (χ2v) is 13.0. The van der Waals surface area contributed by atoms with Gasteiger partial charge in [0.2, 0.25) is 0 Å². The van der Waals surface area contributed by atoms with Gasteiger partial charge >= 0.3 is 0 Å². The topological polar surface area (TPSA) is 53.0 Å². The Labute approximate surface area is 184 Å². The van der Waals surface area contributed by atoms with Crippen molar-refractivity contribution < 1.29 is 14.9 Å². The largest absolute Gasteiger partial charge is 0.390 e. The minimum atomic E-state index is -0.443. The molecule has 0 radical (unpaired) electrons. The third-order valence-corrected chi connectivity index (χ3v) is 11.3. The number of hydrogen-bond donors (Lipinski definition) is 2. The maximum atomic E-state index is 11.3. The molecule has 3 heteroatoms. The van der Waals surface area contributed by atoms with Gasteiger partial charge in [0.1, 0.15) is 11.7 Å². The van der Waals surface area contributed by atoms with Gasteiger partial charge in [0.25, 0.3) is 0 Å². The average molecular weight is 419 g/mol. The van der Waals surface area contributed by atoms with E-state index in [4.69, 9.17) is 4.74 Å². The zero-order valence-electron chi connectivity index (χ0n) is 20.1. The molecule has 5 rings (SSSR count). The highest BCUT2D eigenvalue weighted by Gasteiger charge is 2.79. The summed E-state index contributed by atoms with van der Waals surface area (Å²) in [5, 5.41) is 21.8. The minimum Gasteiger partial charge on any atom is -0.390 e. The van der Waals surface area contributed by atoms with Crippen molar-refractivity contribution >= 4 is 0 Å². The van der Waals surface area contributed by atoms with Crippen molar-refractivity contribution in [3.8, 4) is 0 Å². The van der Waals surface area contributed by atoms with E-state index in [1.807, 2.05) is 0 Å². The van der Waals surface area contributed by atoms with Gasteiger partial charge in [-0.05, 0) is 85.9 Å². The smallest absolute Gasteiger partial charge is 0.129 e. The van der Waals surface area contributed by atoms with E-state index in [0.29, 0.717) is 17.3 Å². The molecule has 30 heavy (non-hydrogen) atoms. The second kappa shape index (κ2) is 7.19. The van der Waals surface area contributed by atoms with Gasteiger partial charge in [0.15, 0.2) is 0 Å². The van der Waals surface area contributed by atoms with Gasteiger partial charge in [-0.3, -0.25) is 0 Å². The van der Waals surface area contributed by atoms with Crippen LogP contribution in [0.5, 0.6) is 0 Å². The molecule has 1 heterocycles. The summed E-state index contributed by atoms with van der Waals surface area (Å²) >= 11 is 0. The van der Waals surface area contributed by atoms with Crippen LogP contribution in [0.15, 0.2) is 0 Å². The van der Waals surface area contributed by atoms with Crippen LogP contribution in [0.2, 0.25) is 0 Å². The number of fused-ring (bicyclic) bond motifs is 4. The van der Waals surface area contributed by atoms with Crippen LogP contribution in [-0.2, 0) is 4.74 Å². The molecule has 3 nitrogen and oxygen atoms in total. The highest BCUT2D eigenvalue weighted by atomic mass is 16.6. The average Bonchev–Trinajstić information content (AvgIpc) is 3.36. The van der Waals surface area contributed by atoms with E-state index < -0.39 is 11.7 Å². The van der Waals surface area contributed by atoms with Crippen molar-refractivity contribution in [3.05, 3.63) is 0 Å². The van der Waals surface area contributed by atoms with Crippen LogP contribution in [-0.4, -0.2) is 34.1 Å². The Bertz CT molecular complexity index is 662. The van der Waals surface area contributed by atoms with Gasteiger partial charge in [-0.25, -0.2) is 0 Å². The van der Waals surface area contributed by atoms with Gasteiger partial charge in [-0.1, -0.05) is 53.9 Å². The van der Waals surface area contributed by atoms with Crippen LogP contribution in [0.3, 0.4) is 0 Å². The van der Waals surface area contributed by atoms with Crippen molar-refractivity contribution in [1.82, 2.24) is 0 Å². The summed E-state index contributed by atoms with van der Waals surface area (Å²) in [6, 6.07) is 0. The Morgan fingerprint density at radius 3 is 2.43 bits per heavy atom. The van der Waals surface area contributed by atoms with Gasteiger partial charge < -0.3 is 14.9 Å². The number of aliphatic hydroxyl groups excluding tert-OH is 2. The van der Waals surface area contributed by atoms with E-state index in [1.54, 1.807) is 0 Å². The zero-order chi connectivity index (χ0) is 21.5. The van der Waals surface area contributed by atoms with Crippen molar-refractivity contribution in [2.24, 2.45) is 46.3 Å². The molecular weight excluding hydrogens is 372 g/mol. The van der Waals surface area contributed by atoms with Gasteiger partial charge in [0.05, 0.1) is 12.2 Å². The summed E-state index contributed by atoms with van der Waals surface area (Å²) in [4.78, 5) is 0. The Hall–Kier alpha value is -0.120. The van der Waals surface area contributed by atoms with Crippen LogP contribution in [0.1, 0.15) is 98.8 Å². The van der Waals surface area contributed by atoms with E-state index in [2.05, 4.69) is 34.6 Å². The highest BCUT2D eigenvalue weighted by Crippen LogP contribution is 2.73. The molecule has 2 N–H and O–H groups in total. The van der Waals surface area contributed by atoms with Crippen LogP contribution < -0.4 is 0 Å². The molecule has 4 aliphatic carbocycles. The highest BCUT2D eigenvalue weighted by molar-refractivity contribution is 5.27. The molecule has 5 fully saturated rings. The number of hydrogen-bond acceptors (Lipinski definition) is 3. The molecule has 0 unspecified atom stereocenters. The van der Waals surface area contributed by atoms with E-state index in [0.717, 1.165) is 42.9 Å². The van der Waals surface area contributed by atoms with E-state index in [-0.39, 0.29) is 17.6 Å². The maximum Gasteiger partial charge on any atom is 0.129 e. The fraction of sp³-hybridized carbons (Fsp3) is 1.00. The standard InChI is InChI=1S/C27H46O3/c1-16(2)7-6-8-17(3)19-9-10-20-18-15-23(29)27-24(30-27)22(28)12-14-26(27,5)21(18)11-13-25(19,20)4/h16-24,28-29H,6-15H2,1-5H3/t17-,18+,19-,20+,21+,22-,23+,24-,25-,26-,27-/m1/s1. The molecule has 0 amide bonds. The monoisotopic (exact) mass is 418 g/mol. The molecule has 1 aliphatic heterocycles. The molecule has 11 atom stereocenters. The predicted octanol–water partition coefficient (Wildman–Crippen LogP) is 5.57. The molecule has 0 aromatic carbocycles. The lowest BCUT2D eigenvalue weighted by Gasteiger charge is -2.61. The van der Waals surface area contributed by atoms with Crippen LogP contribution in [0.25, 0.3) is 0 Å². The first-order chi connectivity index (χ1) is 14.1. The third-order valence-electron chi connectivity index (χ3n) is 11.3. The van der Waals surface area contributed by atoms with Crippen LogP contribution >= 0.6 is 0 Å². The lowest BCUT2D eigenvalue weighted by atomic mass is 9.43. The maximum absolute atomic E-state index is 11.3. The third kappa shape index (κ3) is 2.80. The normalized spacial score (nSPS) is 55.4. The fourth-order valence-corrected chi connectivity index (χ4v) is 9.78. The second-order valence-electron chi connectivity index (χ2n) is 13.0. The lowest BCUT2D eigenvalue weighted by molar-refractivity contribution is -0.165. The molecule has 1 spiro atoms. The summed E-state index contributed by atoms with van der Waals surface area (Å²) in [5.41, 5.74) is 0.0558. The Kier molecular flexibility index (Phi) is 5.20. The van der Waals surface area contributed by atoms with Gasteiger partial charge in [-0.15, -0.1) is 0 Å². The number of epoxide rings is 1. The van der Waals surface area contributed by atoms with Gasteiger partial charge in [0, 0.05) is 5.41 Å². The number of ether oxygens (including phenoxy) is 1. The molecule has 0 aromatic heterocycles. The first-order valence-corrected chi connectivity index (χ1v) is 13.2. The Morgan fingerprint density at radius 2 is 1.70 bits per heavy atom. The molecule has 4 saturated carbocycles. The predicted molar refractivity (Wildman–Crippen MR) is 120 cm³/mol. The number of aliphatic hydroxyl groups is 2. The summed E-state index contributed by atoms with van der Waals surface area (Å²) in [5.74, 6) is 4.57. The minimum absolute atomic E-state index is 0.0432. The number of rotatable bonds is 5. The fourth-order valence-electron chi connectivity index (χ4n) is 9.78. The van der Waals surface area contributed by atoms with Crippen molar-refractivity contribution in [1.29, 1.82) is 0 Å². The van der Waals surface area contributed by atoms with Crippen LogP contribution in [0.4, 0.5) is 0 Å². The molecule has 1 saturated heterocycles. The first kappa shape index (κ1) is 21.7. The van der Waals surface area contributed by atoms with Crippen molar-refractivity contribution in [2.75, 3.05) is 0 Å². The molecular formula is C27H46O3. The molecule has 0 aromatic rings. The lowest BCUT2D eigenvalue weighted by Crippen LogP contribution is -2.63. The molecule has 5 aliphatic rings. The van der Waals surface area contributed by atoms with E-state index in [1.165, 1.54) is 44.9 Å². The molecule has 0 bridgehead atoms. The summed E-state index contributed by atoms with van der Waals surface area (Å²) < 4.78 is 6.21. The van der Waals surface area contributed by atoms with Crippen molar-refractivity contribution in [3.63, 3.8) is 0 Å². The quantitative estimate of drug-likeness (QED) is 0.574. The molecule has 172 valence electrons. The Balaban J connectivity index is 1.35. The summed E-state index contributed by atoms with van der Waals surface area (Å²) in [6.45, 7) is 12.2. The van der Waals surface area contributed by atoms with E-state index in [9.17, 15) is 10.2 Å². The zero-order valence-corrected chi connectivity index (χ0v) is 20.1. The Morgan fingerprint density at radius 1 is 0.933 bits per heavy atom. The van der Waals surface area contributed by atoms with Crippen molar-refractivity contribution in [2.45, 2.75) is 123 Å². The summed E-state index contributed by atoms with van der Waals surface area (Å²) in [7, 11) is 0. The van der Waals surface area contributed by atoms with Crippen LogP contribution in [0, 0.1) is 46.3 Å². The first-order valence-electron chi connectivity index (χ1n) is 13.2.